The second-order valence-electron chi connectivity index (χ2n) is 5.24. The minimum atomic E-state index is -3.21. The van der Waals surface area contributed by atoms with Crippen molar-refractivity contribution < 1.29 is 13.2 Å². The minimum Gasteiger partial charge on any atom is -0.325 e. The average Bonchev–Trinajstić information content (AvgIpc) is 2.66. The van der Waals surface area contributed by atoms with Crippen LogP contribution < -0.4 is 0 Å². The Morgan fingerprint density at radius 2 is 1.74 bits per heavy atom. The van der Waals surface area contributed by atoms with Crippen molar-refractivity contribution in [2.45, 2.75) is 31.1 Å². The van der Waals surface area contributed by atoms with Crippen LogP contribution >= 0.6 is 11.8 Å². The summed E-state index contributed by atoms with van der Waals surface area (Å²) >= 11 is 1.61. The molecule has 0 saturated carbocycles. The van der Waals surface area contributed by atoms with E-state index in [9.17, 15) is 13.2 Å². The van der Waals surface area contributed by atoms with Crippen molar-refractivity contribution in [2.75, 3.05) is 37.4 Å². The molecule has 19 heavy (non-hydrogen) atoms. The lowest BCUT2D eigenvalue weighted by atomic mass is 10.2. The van der Waals surface area contributed by atoms with E-state index < -0.39 is 15.2 Å². The highest BCUT2D eigenvalue weighted by atomic mass is 32.2. The van der Waals surface area contributed by atoms with E-state index in [2.05, 4.69) is 0 Å². The van der Waals surface area contributed by atoms with Gasteiger partial charge in [-0.2, -0.15) is 11.8 Å². The Balaban J connectivity index is 2.10. The third-order valence-electron chi connectivity index (χ3n) is 3.70. The number of rotatable bonds is 1. The third kappa shape index (κ3) is 3.78. The third-order valence-corrected chi connectivity index (χ3v) is 6.34. The zero-order valence-electron chi connectivity index (χ0n) is 11.4. The van der Waals surface area contributed by atoms with Crippen molar-refractivity contribution in [3.63, 3.8) is 0 Å². The lowest BCUT2D eigenvalue weighted by Gasteiger charge is -2.37. The number of amides is 2. The fraction of sp³-hybridized carbons (Fsp3) is 0.917. The summed E-state index contributed by atoms with van der Waals surface area (Å²) in [6.45, 7) is 2.07. The van der Waals surface area contributed by atoms with Crippen LogP contribution in [0.5, 0.6) is 0 Å². The first kappa shape index (κ1) is 15.0. The minimum absolute atomic E-state index is 0.0855. The van der Waals surface area contributed by atoms with Gasteiger partial charge in [-0.05, 0) is 12.8 Å². The van der Waals surface area contributed by atoms with Gasteiger partial charge in [-0.15, -0.1) is 0 Å². The molecular weight excluding hydrogens is 284 g/mol. The molecule has 0 spiro atoms. The van der Waals surface area contributed by atoms with Gasteiger partial charge in [-0.3, -0.25) is 0 Å². The normalized spacial score (nSPS) is 26.1. The molecule has 2 heterocycles. The number of urea groups is 1. The van der Waals surface area contributed by atoms with Crippen LogP contribution in [-0.2, 0) is 9.84 Å². The van der Waals surface area contributed by atoms with E-state index in [1.807, 2.05) is 4.90 Å². The molecule has 2 aliphatic rings. The van der Waals surface area contributed by atoms with E-state index in [0.717, 1.165) is 44.5 Å². The van der Waals surface area contributed by atoms with Crippen LogP contribution in [0.2, 0.25) is 0 Å². The average molecular weight is 306 g/mol. The van der Waals surface area contributed by atoms with Crippen molar-refractivity contribution in [3.8, 4) is 0 Å². The predicted octanol–water partition coefficient (Wildman–Crippen LogP) is 1.40. The topological polar surface area (TPSA) is 57.7 Å². The van der Waals surface area contributed by atoms with Crippen molar-refractivity contribution in [3.05, 3.63) is 0 Å². The number of likely N-dealkylation sites (tertiary alicyclic amines) is 1. The zero-order valence-corrected chi connectivity index (χ0v) is 13.0. The highest BCUT2D eigenvalue weighted by Crippen LogP contribution is 2.22. The van der Waals surface area contributed by atoms with Crippen LogP contribution in [0.4, 0.5) is 4.79 Å². The number of nitrogens with zero attached hydrogens (tertiary/aromatic N) is 2. The van der Waals surface area contributed by atoms with E-state index in [1.165, 1.54) is 6.26 Å². The van der Waals surface area contributed by atoms with E-state index in [4.69, 9.17) is 0 Å². The maximum Gasteiger partial charge on any atom is 0.321 e. The molecule has 0 aromatic rings. The van der Waals surface area contributed by atoms with Crippen molar-refractivity contribution in [1.29, 1.82) is 0 Å². The van der Waals surface area contributed by atoms with Crippen LogP contribution in [0.1, 0.15) is 25.7 Å². The van der Waals surface area contributed by atoms with Gasteiger partial charge >= 0.3 is 6.03 Å². The molecule has 2 amide bonds. The first-order valence-electron chi connectivity index (χ1n) is 6.82. The summed E-state index contributed by atoms with van der Waals surface area (Å²) < 4.78 is 23.7. The molecule has 110 valence electrons. The van der Waals surface area contributed by atoms with Gasteiger partial charge in [0.05, 0.1) is 0 Å². The first-order chi connectivity index (χ1) is 9.00. The molecule has 2 aliphatic heterocycles. The second kappa shape index (κ2) is 6.35. The number of carbonyl (C=O) groups excluding carboxylic acids is 1. The van der Waals surface area contributed by atoms with Gasteiger partial charge < -0.3 is 9.80 Å². The molecule has 2 rings (SSSR count). The SMILES string of the molecule is CS(=O)(=O)C1CSCCN1C(=O)N1CCCCCC1. The molecule has 7 heteroatoms. The quantitative estimate of drug-likeness (QED) is 0.735. The van der Waals surface area contributed by atoms with E-state index >= 15 is 0 Å². The lowest BCUT2D eigenvalue weighted by molar-refractivity contribution is 0.153. The summed E-state index contributed by atoms with van der Waals surface area (Å²) in [5.41, 5.74) is 0. The Labute approximate surface area is 119 Å². The molecule has 1 unspecified atom stereocenters. The van der Waals surface area contributed by atoms with Crippen LogP contribution in [0, 0.1) is 0 Å². The van der Waals surface area contributed by atoms with E-state index in [1.54, 1.807) is 16.7 Å². The fourth-order valence-corrected chi connectivity index (χ4v) is 5.41. The smallest absolute Gasteiger partial charge is 0.321 e. The van der Waals surface area contributed by atoms with Crippen LogP contribution in [0.25, 0.3) is 0 Å². The summed E-state index contributed by atoms with van der Waals surface area (Å²) in [6, 6.07) is -0.0855. The Kier molecular flexibility index (Phi) is 5.00. The molecule has 0 aromatic heterocycles. The molecule has 0 radical (unpaired) electrons. The molecule has 1 atom stereocenters. The molecule has 0 N–H and O–H groups in total. The van der Waals surface area contributed by atoms with Gasteiger partial charge in [0.2, 0.25) is 0 Å². The molecule has 0 aliphatic carbocycles. The highest BCUT2D eigenvalue weighted by molar-refractivity contribution is 8.00. The van der Waals surface area contributed by atoms with Crippen LogP contribution in [0.15, 0.2) is 0 Å². The molecule has 0 aromatic carbocycles. The van der Waals surface area contributed by atoms with Crippen molar-refractivity contribution in [1.82, 2.24) is 9.80 Å². The Morgan fingerprint density at radius 1 is 1.11 bits per heavy atom. The Morgan fingerprint density at radius 3 is 2.32 bits per heavy atom. The summed E-state index contributed by atoms with van der Waals surface area (Å²) in [6.07, 6.45) is 5.60. The highest BCUT2D eigenvalue weighted by Gasteiger charge is 2.36. The number of thioether (sulfide) groups is 1. The van der Waals surface area contributed by atoms with Crippen molar-refractivity contribution in [2.24, 2.45) is 0 Å². The first-order valence-corrected chi connectivity index (χ1v) is 9.93. The monoisotopic (exact) mass is 306 g/mol. The van der Waals surface area contributed by atoms with Crippen LogP contribution in [0.3, 0.4) is 0 Å². The van der Waals surface area contributed by atoms with Gasteiger partial charge in [-0.25, -0.2) is 13.2 Å². The second-order valence-corrected chi connectivity index (χ2v) is 8.59. The zero-order chi connectivity index (χ0) is 13.9. The van der Waals surface area contributed by atoms with Crippen molar-refractivity contribution >= 4 is 27.6 Å². The molecule has 2 saturated heterocycles. The number of hydrogen-bond donors (Lipinski definition) is 0. The van der Waals surface area contributed by atoms with Gasteiger partial charge in [0.25, 0.3) is 0 Å². The summed E-state index contributed by atoms with van der Waals surface area (Å²) in [5, 5.41) is -0.651. The lowest BCUT2D eigenvalue weighted by Crippen LogP contribution is -2.54. The van der Waals surface area contributed by atoms with Gasteiger partial charge in [0.15, 0.2) is 9.84 Å². The Hall–Kier alpha value is -0.430. The molecule has 5 nitrogen and oxygen atoms in total. The maximum absolute atomic E-state index is 12.5. The van der Waals surface area contributed by atoms with Gasteiger partial charge in [-0.1, -0.05) is 12.8 Å². The predicted molar refractivity (Wildman–Crippen MR) is 78.1 cm³/mol. The number of carbonyl (C=O) groups is 1. The maximum atomic E-state index is 12.5. The molecule has 0 bridgehead atoms. The van der Waals surface area contributed by atoms with Crippen LogP contribution in [-0.4, -0.2) is 67.0 Å². The number of sulfone groups is 1. The Bertz CT molecular complexity index is 417. The summed E-state index contributed by atoms with van der Waals surface area (Å²) in [5.74, 6) is 1.32. The fourth-order valence-electron chi connectivity index (χ4n) is 2.60. The largest absolute Gasteiger partial charge is 0.325 e. The molecule has 2 fully saturated rings. The van der Waals surface area contributed by atoms with Gasteiger partial charge in [0, 0.05) is 37.4 Å². The number of hydrogen-bond acceptors (Lipinski definition) is 4. The molecular formula is C12H22N2O3S2. The van der Waals surface area contributed by atoms with Gasteiger partial charge in [0.1, 0.15) is 5.37 Å². The summed E-state index contributed by atoms with van der Waals surface area (Å²) in [7, 11) is -3.21. The van der Waals surface area contributed by atoms with E-state index in [0.29, 0.717) is 12.3 Å². The summed E-state index contributed by atoms with van der Waals surface area (Å²) in [4.78, 5) is 15.9. The standard InChI is InChI=1S/C12H22N2O3S2/c1-19(16,17)11-10-18-9-8-14(11)12(15)13-6-4-2-3-5-7-13/h11H,2-10H2,1H3. The van der Waals surface area contributed by atoms with E-state index in [-0.39, 0.29) is 6.03 Å².